The first-order chi connectivity index (χ1) is 15.0. The van der Waals surface area contributed by atoms with E-state index in [1.54, 1.807) is 24.3 Å². The number of carbonyl (C=O) groups excluding carboxylic acids is 2. The van der Waals surface area contributed by atoms with Gasteiger partial charge in [0.2, 0.25) is 0 Å². The van der Waals surface area contributed by atoms with Gasteiger partial charge in [-0.15, -0.1) is 0 Å². The molecule has 31 heavy (non-hydrogen) atoms. The van der Waals surface area contributed by atoms with Crippen molar-refractivity contribution in [1.82, 2.24) is 0 Å². The lowest BCUT2D eigenvalue weighted by atomic mass is 9.99. The van der Waals surface area contributed by atoms with Crippen LogP contribution in [-0.4, -0.2) is 31.5 Å². The van der Waals surface area contributed by atoms with E-state index in [2.05, 4.69) is 11.8 Å². The molecule has 2 heterocycles. The maximum atomic E-state index is 13.1. The van der Waals surface area contributed by atoms with Gasteiger partial charge >= 0.3 is 0 Å². The van der Waals surface area contributed by atoms with E-state index in [1.807, 2.05) is 31.2 Å². The number of benzene rings is 2. The lowest BCUT2D eigenvalue weighted by molar-refractivity contribution is -0.119. The van der Waals surface area contributed by atoms with Gasteiger partial charge in [0.05, 0.1) is 17.9 Å². The predicted octanol–water partition coefficient (Wildman–Crippen LogP) is 5.24. The summed E-state index contributed by atoms with van der Waals surface area (Å²) < 4.78 is 5.59. The lowest BCUT2D eigenvalue weighted by Crippen LogP contribution is -2.33. The third kappa shape index (κ3) is 4.33. The van der Waals surface area contributed by atoms with Crippen molar-refractivity contribution in [3.63, 3.8) is 0 Å². The molecule has 0 radical (unpaired) electrons. The normalized spacial score (nSPS) is 17.6. The summed E-state index contributed by atoms with van der Waals surface area (Å²) in [5.41, 5.74) is 2.47. The Balaban J connectivity index is 1.52. The Morgan fingerprint density at radius 3 is 2.16 bits per heavy atom. The molecule has 2 amide bonds. The van der Waals surface area contributed by atoms with Crippen molar-refractivity contribution < 1.29 is 14.3 Å². The predicted molar refractivity (Wildman–Crippen MR) is 125 cm³/mol. The Morgan fingerprint density at radius 2 is 1.55 bits per heavy atom. The Hall–Kier alpha value is -2.79. The first-order valence-corrected chi connectivity index (χ1v) is 11.2. The van der Waals surface area contributed by atoms with Gasteiger partial charge in [0.15, 0.2) is 0 Å². The fraction of sp³-hybridized carbons (Fsp3) is 0.360. The number of amides is 2. The van der Waals surface area contributed by atoms with E-state index < -0.39 is 11.8 Å². The lowest BCUT2D eigenvalue weighted by Gasteiger charge is -2.32. The molecule has 0 aliphatic carbocycles. The molecule has 0 bridgehead atoms. The van der Waals surface area contributed by atoms with Gasteiger partial charge in [-0.3, -0.25) is 9.59 Å². The molecule has 4 rings (SSSR count). The van der Waals surface area contributed by atoms with Gasteiger partial charge in [-0.1, -0.05) is 37.6 Å². The Morgan fingerprint density at radius 1 is 0.935 bits per heavy atom. The summed E-state index contributed by atoms with van der Waals surface area (Å²) in [6.45, 7) is 7.00. The molecule has 2 aromatic carbocycles. The quantitative estimate of drug-likeness (QED) is 0.579. The van der Waals surface area contributed by atoms with E-state index in [4.69, 9.17) is 16.3 Å². The van der Waals surface area contributed by atoms with E-state index in [0.29, 0.717) is 17.9 Å². The zero-order valence-electron chi connectivity index (χ0n) is 17.9. The number of anilines is 2. The van der Waals surface area contributed by atoms with Crippen LogP contribution in [0.4, 0.5) is 11.4 Å². The molecule has 0 saturated carbocycles. The molecule has 5 nitrogen and oxygen atoms in total. The number of rotatable bonds is 6. The van der Waals surface area contributed by atoms with Gasteiger partial charge in [0.1, 0.15) is 10.8 Å². The Kier molecular flexibility index (Phi) is 6.33. The van der Waals surface area contributed by atoms with Crippen molar-refractivity contribution in [2.45, 2.75) is 33.1 Å². The molecular formula is C25H27ClN2O3. The summed E-state index contributed by atoms with van der Waals surface area (Å²) in [5, 5.41) is -0.0543. The van der Waals surface area contributed by atoms with Crippen molar-refractivity contribution in [1.29, 1.82) is 0 Å². The average Bonchev–Trinajstić information content (AvgIpc) is 3.01. The molecule has 0 aromatic heterocycles. The summed E-state index contributed by atoms with van der Waals surface area (Å²) in [4.78, 5) is 29.4. The van der Waals surface area contributed by atoms with E-state index >= 15 is 0 Å². The molecule has 0 atom stereocenters. The topological polar surface area (TPSA) is 49.9 Å². The highest BCUT2D eigenvalue weighted by molar-refractivity contribution is 6.60. The van der Waals surface area contributed by atoms with Gasteiger partial charge in [0, 0.05) is 18.8 Å². The number of ether oxygens (including phenoxy) is 1. The summed E-state index contributed by atoms with van der Waals surface area (Å²) in [7, 11) is 0. The zero-order valence-corrected chi connectivity index (χ0v) is 18.7. The van der Waals surface area contributed by atoms with Crippen molar-refractivity contribution in [3.05, 3.63) is 59.1 Å². The summed E-state index contributed by atoms with van der Waals surface area (Å²) in [5.74, 6) is 0.581. The molecule has 0 N–H and O–H groups in total. The fourth-order valence-corrected chi connectivity index (χ4v) is 4.28. The molecular weight excluding hydrogens is 412 g/mol. The minimum atomic E-state index is -0.493. The fourth-order valence-electron chi connectivity index (χ4n) is 4.00. The standard InChI is InChI=1S/C25H27ClN2O3/c1-3-16-31-21-10-4-18(5-11-21)22-23(26)25(30)28(24(22)29)20-8-6-19(7-9-20)27-14-12-17(2)13-15-27/h4-11,17H,3,12-16H2,1-2H3. The Labute approximate surface area is 188 Å². The van der Waals surface area contributed by atoms with E-state index in [0.717, 1.165) is 41.8 Å². The van der Waals surface area contributed by atoms with Gasteiger partial charge < -0.3 is 9.64 Å². The van der Waals surface area contributed by atoms with Gasteiger partial charge in [-0.05, 0) is 67.1 Å². The number of piperidine rings is 1. The largest absolute Gasteiger partial charge is 0.494 e. The van der Waals surface area contributed by atoms with Crippen LogP contribution in [0.25, 0.3) is 5.57 Å². The first kappa shape index (κ1) is 21.4. The molecule has 2 aliphatic heterocycles. The molecule has 1 saturated heterocycles. The molecule has 162 valence electrons. The maximum Gasteiger partial charge on any atom is 0.277 e. The highest BCUT2D eigenvalue weighted by atomic mass is 35.5. The Bertz CT molecular complexity index is 990. The van der Waals surface area contributed by atoms with Crippen LogP contribution in [-0.2, 0) is 9.59 Å². The van der Waals surface area contributed by atoms with Gasteiger partial charge in [-0.2, -0.15) is 0 Å². The van der Waals surface area contributed by atoms with Crippen LogP contribution in [0, 0.1) is 5.92 Å². The first-order valence-electron chi connectivity index (χ1n) is 10.9. The monoisotopic (exact) mass is 438 g/mol. The van der Waals surface area contributed by atoms with Crippen LogP contribution < -0.4 is 14.5 Å². The smallest absolute Gasteiger partial charge is 0.277 e. The number of nitrogens with zero attached hydrogens (tertiary/aromatic N) is 2. The van der Waals surface area contributed by atoms with Crippen molar-refractivity contribution in [3.8, 4) is 5.75 Å². The van der Waals surface area contributed by atoms with Gasteiger partial charge in [-0.25, -0.2) is 4.90 Å². The second-order valence-corrected chi connectivity index (χ2v) is 8.57. The number of halogens is 1. The minimum Gasteiger partial charge on any atom is -0.494 e. The van der Waals surface area contributed by atoms with Crippen LogP contribution in [0.5, 0.6) is 5.75 Å². The van der Waals surface area contributed by atoms with Crippen LogP contribution in [0.1, 0.15) is 38.7 Å². The van der Waals surface area contributed by atoms with Crippen molar-refractivity contribution in [2.75, 3.05) is 29.5 Å². The zero-order chi connectivity index (χ0) is 22.0. The molecule has 0 spiro atoms. The summed E-state index contributed by atoms with van der Waals surface area (Å²) >= 11 is 6.32. The maximum absolute atomic E-state index is 13.1. The molecule has 2 aliphatic rings. The van der Waals surface area contributed by atoms with Gasteiger partial charge in [0.25, 0.3) is 11.8 Å². The van der Waals surface area contributed by atoms with Crippen LogP contribution >= 0.6 is 11.6 Å². The number of imide groups is 1. The SMILES string of the molecule is CCCOc1ccc(C2=C(Cl)C(=O)N(c3ccc(N4CCC(C)CC4)cc3)C2=O)cc1. The third-order valence-electron chi connectivity index (χ3n) is 5.90. The highest BCUT2D eigenvalue weighted by Crippen LogP contribution is 2.36. The van der Waals surface area contributed by atoms with Crippen molar-refractivity contribution >= 4 is 40.4 Å². The number of hydrogen-bond acceptors (Lipinski definition) is 4. The molecule has 0 unspecified atom stereocenters. The number of hydrogen-bond donors (Lipinski definition) is 0. The molecule has 2 aromatic rings. The second-order valence-electron chi connectivity index (χ2n) is 8.19. The minimum absolute atomic E-state index is 0.0543. The van der Waals surface area contributed by atoms with Crippen molar-refractivity contribution in [2.24, 2.45) is 5.92 Å². The van der Waals surface area contributed by atoms with Crippen LogP contribution in [0.2, 0.25) is 0 Å². The van der Waals surface area contributed by atoms with Crippen LogP contribution in [0.3, 0.4) is 0 Å². The summed E-state index contributed by atoms with van der Waals surface area (Å²) in [6.07, 6.45) is 3.27. The highest BCUT2D eigenvalue weighted by Gasteiger charge is 2.39. The third-order valence-corrected chi connectivity index (χ3v) is 6.25. The average molecular weight is 439 g/mol. The molecule has 6 heteroatoms. The van der Waals surface area contributed by atoms with E-state index in [-0.39, 0.29) is 10.6 Å². The van der Waals surface area contributed by atoms with E-state index in [1.165, 1.54) is 12.8 Å². The summed E-state index contributed by atoms with van der Waals surface area (Å²) in [6, 6.07) is 14.7. The molecule has 1 fully saturated rings. The number of carbonyl (C=O) groups is 2. The van der Waals surface area contributed by atoms with Crippen LogP contribution in [0.15, 0.2) is 53.6 Å². The van der Waals surface area contributed by atoms with E-state index in [9.17, 15) is 9.59 Å². The second kappa shape index (κ2) is 9.15.